The van der Waals surface area contributed by atoms with Crippen molar-refractivity contribution in [2.45, 2.75) is 18.4 Å². The highest BCUT2D eigenvalue weighted by Crippen LogP contribution is 2.31. The summed E-state index contributed by atoms with van der Waals surface area (Å²) < 4.78 is 6.17. The number of hydrogen-bond acceptors (Lipinski definition) is 4. The molecular formula is C19H26N2OS. The molecule has 0 aromatic heterocycles. The van der Waals surface area contributed by atoms with Crippen LogP contribution in [0.3, 0.4) is 0 Å². The largest absolute Gasteiger partial charge is 0.457 e. The number of thioether (sulfide) groups is 1. The van der Waals surface area contributed by atoms with Gasteiger partial charge in [0.1, 0.15) is 11.5 Å². The van der Waals surface area contributed by atoms with Gasteiger partial charge in [-0.15, -0.1) is 11.8 Å². The highest BCUT2D eigenvalue weighted by Gasteiger charge is 2.10. The first kappa shape index (κ1) is 17.7. The van der Waals surface area contributed by atoms with E-state index in [0.717, 1.165) is 18.0 Å². The molecule has 0 aliphatic rings. The summed E-state index contributed by atoms with van der Waals surface area (Å²) in [5.41, 5.74) is 3.62. The fraction of sp³-hybridized carbons (Fsp3) is 0.368. The topological polar surface area (TPSA) is 15.7 Å². The summed E-state index contributed by atoms with van der Waals surface area (Å²) >= 11 is 1.76. The Morgan fingerprint density at radius 2 is 1.74 bits per heavy atom. The van der Waals surface area contributed by atoms with Crippen LogP contribution < -0.4 is 9.64 Å². The van der Waals surface area contributed by atoms with Crippen molar-refractivity contribution in [3.63, 3.8) is 0 Å². The predicted molar refractivity (Wildman–Crippen MR) is 101 cm³/mol. The quantitative estimate of drug-likeness (QED) is 0.717. The van der Waals surface area contributed by atoms with Crippen molar-refractivity contribution >= 4 is 17.4 Å². The maximum absolute atomic E-state index is 6.17. The van der Waals surface area contributed by atoms with Gasteiger partial charge in [0.05, 0.1) is 0 Å². The maximum atomic E-state index is 6.17. The number of hydrogen-bond donors (Lipinski definition) is 0. The number of anilines is 1. The Morgan fingerprint density at radius 1 is 1.00 bits per heavy atom. The van der Waals surface area contributed by atoms with Crippen molar-refractivity contribution in [2.75, 3.05) is 39.3 Å². The summed E-state index contributed by atoms with van der Waals surface area (Å²) in [7, 11) is 8.26. The van der Waals surface area contributed by atoms with E-state index in [4.69, 9.17) is 4.74 Å². The fourth-order valence-corrected chi connectivity index (χ4v) is 3.03. The van der Waals surface area contributed by atoms with Crippen molar-refractivity contribution in [1.29, 1.82) is 0 Å². The van der Waals surface area contributed by atoms with Crippen molar-refractivity contribution < 1.29 is 4.74 Å². The number of aryl methyl sites for hydroxylation is 1. The van der Waals surface area contributed by atoms with E-state index in [-0.39, 0.29) is 0 Å². The summed E-state index contributed by atoms with van der Waals surface area (Å²) in [6.45, 7) is 2.97. The molecule has 0 saturated heterocycles. The van der Waals surface area contributed by atoms with Crippen LogP contribution in [0.25, 0.3) is 0 Å². The summed E-state index contributed by atoms with van der Waals surface area (Å²) in [5, 5.41) is 0. The van der Waals surface area contributed by atoms with Gasteiger partial charge in [0.25, 0.3) is 0 Å². The lowest BCUT2D eigenvalue weighted by Crippen LogP contribution is -2.13. The van der Waals surface area contributed by atoms with Crippen LogP contribution in [0.5, 0.6) is 11.5 Å². The third-order valence-corrected chi connectivity index (χ3v) is 4.54. The molecule has 0 N–H and O–H groups in total. The average Bonchev–Trinajstić information content (AvgIpc) is 2.48. The fourth-order valence-electron chi connectivity index (χ4n) is 2.45. The van der Waals surface area contributed by atoms with Gasteiger partial charge in [-0.25, -0.2) is 0 Å². The van der Waals surface area contributed by atoms with E-state index in [2.05, 4.69) is 81.5 Å². The molecule has 3 nitrogen and oxygen atoms in total. The van der Waals surface area contributed by atoms with E-state index >= 15 is 0 Å². The maximum Gasteiger partial charge on any atom is 0.132 e. The van der Waals surface area contributed by atoms with Crippen LogP contribution in [0.15, 0.2) is 41.3 Å². The van der Waals surface area contributed by atoms with Crippen LogP contribution in [0, 0.1) is 6.92 Å². The number of ether oxygens (including phenoxy) is 1. The van der Waals surface area contributed by atoms with Crippen LogP contribution in [0.2, 0.25) is 0 Å². The molecule has 2 aromatic carbocycles. The summed E-state index contributed by atoms with van der Waals surface area (Å²) in [5.74, 6) is 1.80. The van der Waals surface area contributed by atoms with E-state index in [1.807, 2.05) is 6.07 Å². The van der Waals surface area contributed by atoms with Gasteiger partial charge >= 0.3 is 0 Å². The minimum Gasteiger partial charge on any atom is -0.457 e. The lowest BCUT2D eigenvalue weighted by atomic mass is 10.1. The van der Waals surface area contributed by atoms with Gasteiger partial charge in [0, 0.05) is 36.8 Å². The minimum atomic E-state index is 0.846. The third-order valence-electron chi connectivity index (χ3n) is 3.64. The van der Waals surface area contributed by atoms with Gasteiger partial charge in [-0.05, 0) is 69.2 Å². The summed E-state index contributed by atoms with van der Waals surface area (Å²) in [6.07, 6.45) is 2.10. The van der Waals surface area contributed by atoms with Crippen molar-refractivity contribution in [1.82, 2.24) is 4.90 Å². The molecule has 2 rings (SSSR count). The smallest absolute Gasteiger partial charge is 0.132 e. The first-order valence-corrected chi connectivity index (χ1v) is 8.90. The standard InChI is InChI=1S/C19H26N2OS/c1-14-11-17(8-10-19(14)23-6)22-18-9-7-16(21(4)5)12-15(18)13-20(2)3/h7-12H,13H2,1-6H3. The van der Waals surface area contributed by atoms with Crippen molar-refractivity contribution in [3.8, 4) is 11.5 Å². The average molecular weight is 330 g/mol. The minimum absolute atomic E-state index is 0.846. The summed E-state index contributed by atoms with van der Waals surface area (Å²) in [6, 6.07) is 12.6. The molecule has 0 radical (unpaired) electrons. The molecule has 0 aliphatic carbocycles. The molecule has 0 fully saturated rings. The van der Waals surface area contributed by atoms with E-state index in [9.17, 15) is 0 Å². The highest BCUT2D eigenvalue weighted by molar-refractivity contribution is 7.98. The van der Waals surface area contributed by atoms with E-state index in [0.29, 0.717) is 0 Å². The second kappa shape index (κ2) is 7.75. The molecule has 0 amide bonds. The van der Waals surface area contributed by atoms with Gasteiger partial charge in [0.2, 0.25) is 0 Å². The van der Waals surface area contributed by atoms with Gasteiger partial charge in [-0.2, -0.15) is 0 Å². The van der Waals surface area contributed by atoms with Crippen LogP contribution in [-0.4, -0.2) is 39.3 Å². The first-order chi connectivity index (χ1) is 10.9. The van der Waals surface area contributed by atoms with E-state index in [1.54, 1.807) is 11.8 Å². The van der Waals surface area contributed by atoms with E-state index < -0.39 is 0 Å². The van der Waals surface area contributed by atoms with Crippen LogP contribution >= 0.6 is 11.8 Å². The second-order valence-electron chi connectivity index (χ2n) is 6.16. The first-order valence-electron chi connectivity index (χ1n) is 7.68. The Morgan fingerprint density at radius 3 is 2.30 bits per heavy atom. The second-order valence-corrected chi connectivity index (χ2v) is 7.01. The van der Waals surface area contributed by atoms with Crippen LogP contribution in [-0.2, 0) is 6.54 Å². The monoisotopic (exact) mass is 330 g/mol. The zero-order valence-electron chi connectivity index (χ0n) is 14.9. The molecule has 0 spiro atoms. The Balaban J connectivity index is 2.32. The molecule has 0 bridgehead atoms. The highest BCUT2D eigenvalue weighted by atomic mass is 32.2. The normalized spacial score (nSPS) is 10.9. The third kappa shape index (κ3) is 4.66. The molecule has 0 heterocycles. The predicted octanol–water partition coefficient (Wildman–Crippen LogP) is 4.64. The molecular weight excluding hydrogens is 304 g/mol. The number of rotatable bonds is 6. The molecule has 23 heavy (non-hydrogen) atoms. The van der Waals surface area contributed by atoms with Gasteiger partial charge in [0.15, 0.2) is 0 Å². The molecule has 0 saturated carbocycles. The number of benzene rings is 2. The molecule has 0 unspecified atom stereocenters. The Kier molecular flexibility index (Phi) is 5.97. The zero-order chi connectivity index (χ0) is 17.0. The Labute approximate surface area is 144 Å². The SMILES string of the molecule is CSc1ccc(Oc2ccc(N(C)C)cc2CN(C)C)cc1C. The molecule has 4 heteroatoms. The van der Waals surface area contributed by atoms with Gasteiger partial charge in [-0.3, -0.25) is 0 Å². The molecule has 0 aliphatic heterocycles. The van der Waals surface area contributed by atoms with Crippen molar-refractivity contribution in [2.24, 2.45) is 0 Å². The molecule has 2 aromatic rings. The van der Waals surface area contributed by atoms with Gasteiger partial charge in [-0.1, -0.05) is 0 Å². The van der Waals surface area contributed by atoms with Gasteiger partial charge < -0.3 is 14.5 Å². The van der Waals surface area contributed by atoms with Crippen molar-refractivity contribution in [3.05, 3.63) is 47.5 Å². The van der Waals surface area contributed by atoms with Crippen LogP contribution in [0.4, 0.5) is 5.69 Å². The summed E-state index contributed by atoms with van der Waals surface area (Å²) in [4.78, 5) is 5.55. The zero-order valence-corrected chi connectivity index (χ0v) is 15.7. The lowest BCUT2D eigenvalue weighted by molar-refractivity contribution is 0.388. The Hall–Kier alpha value is -1.65. The van der Waals surface area contributed by atoms with E-state index in [1.165, 1.54) is 21.7 Å². The molecule has 0 atom stereocenters. The molecule has 124 valence electrons. The lowest BCUT2D eigenvalue weighted by Gasteiger charge is -2.19. The number of nitrogens with zero attached hydrogens (tertiary/aromatic N) is 2. The Bertz CT molecular complexity index is 668. The van der Waals surface area contributed by atoms with Crippen LogP contribution in [0.1, 0.15) is 11.1 Å².